The number of rotatable bonds is 3. The van der Waals surface area contributed by atoms with E-state index >= 15 is 0 Å². The number of carbonyl (C=O) groups excluding carboxylic acids is 1. The third kappa shape index (κ3) is 3.75. The average Bonchev–Trinajstić information content (AvgIpc) is 2.58. The smallest absolute Gasteiger partial charge is 0.255 e. The zero-order valence-corrected chi connectivity index (χ0v) is 15.6. The summed E-state index contributed by atoms with van der Waals surface area (Å²) >= 11 is 5.23. The highest BCUT2D eigenvalue weighted by atomic mass is 32.1. The molecule has 4 nitrogen and oxygen atoms in total. The summed E-state index contributed by atoms with van der Waals surface area (Å²) in [5.41, 5.74) is 4.76. The van der Waals surface area contributed by atoms with Crippen molar-refractivity contribution < 1.29 is 9.18 Å². The summed E-state index contributed by atoms with van der Waals surface area (Å²) in [4.78, 5) is 13.0. The summed E-state index contributed by atoms with van der Waals surface area (Å²) in [5.74, 6) is -0.555. The molecule has 3 rings (SSSR count). The van der Waals surface area contributed by atoms with Crippen LogP contribution >= 0.6 is 12.2 Å². The van der Waals surface area contributed by atoms with Crippen LogP contribution in [-0.2, 0) is 4.79 Å². The number of hydrogen-bond acceptors (Lipinski definition) is 2. The van der Waals surface area contributed by atoms with E-state index in [-0.39, 0.29) is 11.7 Å². The molecule has 3 N–H and O–H groups in total. The Bertz CT molecular complexity index is 906. The molecule has 134 valence electrons. The molecule has 0 spiro atoms. The predicted octanol–water partition coefficient (Wildman–Crippen LogP) is 3.87. The van der Waals surface area contributed by atoms with Crippen molar-refractivity contribution in [2.24, 2.45) is 0 Å². The Morgan fingerprint density at radius 3 is 2.50 bits per heavy atom. The van der Waals surface area contributed by atoms with Gasteiger partial charge in [-0.2, -0.15) is 0 Å². The Labute approximate surface area is 157 Å². The van der Waals surface area contributed by atoms with Gasteiger partial charge in [0.25, 0.3) is 5.91 Å². The number of aryl methyl sites for hydroxylation is 2. The summed E-state index contributed by atoms with van der Waals surface area (Å²) in [7, 11) is 0. The quantitative estimate of drug-likeness (QED) is 0.719. The molecule has 6 heteroatoms. The summed E-state index contributed by atoms with van der Waals surface area (Å²) in [6.45, 7) is 5.73. The van der Waals surface area contributed by atoms with Gasteiger partial charge in [0.05, 0.1) is 11.6 Å². The number of halogens is 1. The molecular weight excluding hydrogens is 349 g/mol. The van der Waals surface area contributed by atoms with Crippen molar-refractivity contribution in [2.45, 2.75) is 26.8 Å². The number of amides is 1. The van der Waals surface area contributed by atoms with E-state index in [0.29, 0.717) is 16.4 Å². The number of nitrogens with one attached hydrogen (secondary N) is 3. The van der Waals surface area contributed by atoms with Gasteiger partial charge in [0.1, 0.15) is 5.82 Å². The molecule has 0 fully saturated rings. The Kier molecular flexibility index (Phi) is 5.04. The molecule has 0 aliphatic carbocycles. The highest BCUT2D eigenvalue weighted by Gasteiger charge is 2.30. The number of carbonyl (C=O) groups is 1. The van der Waals surface area contributed by atoms with E-state index in [0.717, 1.165) is 22.4 Å². The Morgan fingerprint density at radius 1 is 1.12 bits per heavy atom. The monoisotopic (exact) mass is 369 g/mol. The lowest BCUT2D eigenvalue weighted by molar-refractivity contribution is -0.113. The second kappa shape index (κ2) is 7.25. The van der Waals surface area contributed by atoms with Crippen LogP contribution in [0.3, 0.4) is 0 Å². The molecule has 0 saturated heterocycles. The number of thiocarbonyl (C=S) groups is 1. The molecule has 1 heterocycles. The minimum absolute atomic E-state index is 0.229. The van der Waals surface area contributed by atoms with E-state index in [4.69, 9.17) is 12.2 Å². The fourth-order valence-corrected chi connectivity index (χ4v) is 3.23. The van der Waals surface area contributed by atoms with Gasteiger partial charge in [-0.05, 0) is 67.9 Å². The number of benzene rings is 2. The molecular formula is C20H20FN3OS. The van der Waals surface area contributed by atoms with Crippen LogP contribution in [0.25, 0.3) is 0 Å². The molecule has 1 aliphatic rings. The van der Waals surface area contributed by atoms with Gasteiger partial charge < -0.3 is 16.0 Å². The van der Waals surface area contributed by atoms with Crippen LogP contribution in [0.1, 0.15) is 29.7 Å². The second-order valence-corrected chi connectivity index (χ2v) is 6.80. The Balaban J connectivity index is 1.96. The summed E-state index contributed by atoms with van der Waals surface area (Å²) in [5, 5.41) is 9.52. The highest BCUT2D eigenvalue weighted by Crippen LogP contribution is 2.28. The Morgan fingerprint density at radius 2 is 1.81 bits per heavy atom. The summed E-state index contributed by atoms with van der Waals surface area (Å²) < 4.78 is 13.3. The molecule has 0 saturated carbocycles. The van der Waals surface area contributed by atoms with Crippen molar-refractivity contribution in [2.75, 3.05) is 5.32 Å². The molecule has 0 unspecified atom stereocenters. The van der Waals surface area contributed by atoms with Crippen LogP contribution in [0.5, 0.6) is 0 Å². The van der Waals surface area contributed by atoms with E-state index < -0.39 is 6.04 Å². The Hall–Kier alpha value is -2.73. The van der Waals surface area contributed by atoms with Gasteiger partial charge in [-0.1, -0.05) is 24.3 Å². The van der Waals surface area contributed by atoms with E-state index in [2.05, 4.69) is 16.0 Å². The number of hydrogen-bond donors (Lipinski definition) is 3. The minimum atomic E-state index is -0.450. The van der Waals surface area contributed by atoms with Crippen LogP contribution in [0.15, 0.2) is 53.7 Å². The van der Waals surface area contributed by atoms with Gasteiger partial charge in [-0.3, -0.25) is 4.79 Å². The molecule has 0 radical (unpaired) electrons. The van der Waals surface area contributed by atoms with Crippen molar-refractivity contribution in [3.63, 3.8) is 0 Å². The zero-order valence-electron chi connectivity index (χ0n) is 14.8. The molecule has 0 aromatic heterocycles. The maximum absolute atomic E-state index is 13.3. The first-order valence-electron chi connectivity index (χ1n) is 8.27. The van der Waals surface area contributed by atoms with Crippen molar-refractivity contribution in [1.82, 2.24) is 10.6 Å². The first kappa shape index (κ1) is 18.1. The fourth-order valence-electron chi connectivity index (χ4n) is 2.96. The van der Waals surface area contributed by atoms with Crippen LogP contribution in [0, 0.1) is 19.7 Å². The number of anilines is 1. The van der Waals surface area contributed by atoms with Crippen molar-refractivity contribution in [1.29, 1.82) is 0 Å². The minimum Gasteiger partial charge on any atom is -0.351 e. The van der Waals surface area contributed by atoms with Gasteiger partial charge >= 0.3 is 0 Å². The van der Waals surface area contributed by atoms with Gasteiger partial charge in [0, 0.05) is 11.4 Å². The SMILES string of the molecule is CC1=C(C(=O)Nc2cc(C)ccc2C)[C@@H](c2ccc(F)cc2)NC(=S)N1. The number of allylic oxidation sites excluding steroid dienone is 1. The topological polar surface area (TPSA) is 53.2 Å². The van der Waals surface area contributed by atoms with E-state index in [1.807, 2.05) is 39.0 Å². The normalized spacial score (nSPS) is 16.8. The largest absolute Gasteiger partial charge is 0.351 e. The first-order chi connectivity index (χ1) is 12.3. The summed E-state index contributed by atoms with van der Waals surface area (Å²) in [6, 6.07) is 11.5. The highest BCUT2D eigenvalue weighted by molar-refractivity contribution is 7.80. The fraction of sp³-hybridized carbons (Fsp3) is 0.200. The van der Waals surface area contributed by atoms with Crippen molar-refractivity contribution >= 4 is 28.9 Å². The van der Waals surface area contributed by atoms with Crippen LogP contribution < -0.4 is 16.0 Å². The molecule has 2 aromatic carbocycles. The third-order valence-corrected chi connectivity index (χ3v) is 4.58. The van der Waals surface area contributed by atoms with E-state index in [1.54, 1.807) is 12.1 Å². The van der Waals surface area contributed by atoms with Gasteiger partial charge in [-0.25, -0.2) is 4.39 Å². The standard InChI is InChI=1S/C20H20FN3OS/c1-11-4-5-12(2)16(10-11)23-19(25)17-13(3)22-20(26)24-18(17)14-6-8-15(21)9-7-14/h4-10,18H,1-3H3,(H,23,25)(H2,22,24,26)/t18-/m1/s1. The molecule has 0 bridgehead atoms. The zero-order chi connectivity index (χ0) is 18.8. The average molecular weight is 369 g/mol. The first-order valence-corrected chi connectivity index (χ1v) is 8.68. The van der Waals surface area contributed by atoms with Crippen molar-refractivity contribution in [3.8, 4) is 0 Å². The van der Waals surface area contributed by atoms with Crippen LogP contribution in [-0.4, -0.2) is 11.0 Å². The molecule has 1 aliphatic heterocycles. The van der Waals surface area contributed by atoms with Crippen LogP contribution in [0.2, 0.25) is 0 Å². The van der Waals surface area contributed by atoms with Gasteiger partial charge in [0.2, 0.25) is 0 Å². The predicted molar refractivity (Wildman–Crippen MR) is 105 cm³/mol. The maximum Gasteiger partial charge on any atom is 0.255 e. The summed E-state index contributed by atoms with van der Waals surface area (Å²) in [6.07, 6.45) is 0. The third-order valence-electron chi connectivity index (χ3n) is 4.36. The van der Waals surface area contributed by atoms with E-state index in [1.165, 1.54) is 12.1 Å². The second-order valence-electron chi connectivity index (χ2n) is 6.39. The van der Waals surface area contributed by atoms with Crippen molar-refractivity contribution in [3.05, 3.63) is 76.2 Å². The lowest BCUT2D eigenvalue weighted by atomic mass is 9.94. The van der Waals surface area contributed by atoms with Gasteiger partial charge in [0.15, 0.2) is 5.11 Å². The molecule has 26 heavy (non-hydrogen) atoms. The van der Waals surface area contributed by atoms with Gasteiger partial charge in [-0.15, -0.1) is 0 Å². The molecule has 1 amide bonds. The lowest BCUT2D eigenvalue weighted by Crippen LogP contribution is -2.45. The maximum atomic E-state index is 13.3. The lowest BCUT2D eigenvalue weighted by Gasteiger charge is -2.30. The molecule has 1 atom stereocenters. The van der Waals surface area contributed by atoms with Crippen LogP contribution in [0.4, 0.5) is 10.1 Å². The molecule has 2 aromatic rings. The van der Waals surface area contributed by atoms with E-state index in [9.17, 15) is 9.18 Å².